The van der Waals surface area contributed by atoms with Crippen molar-refractivity contribution < 1.29 is 23.0 Å². The SMILES string of the molecule is CN=C(NCc1ccc(OC)c(OC(F)F)c1)NC1CCN(c2ccccc2OC)C1. The number of guanidine groups is 1. The van der Waals surface area contributed by atoms with E-state index in [2.05, 4.69) is 31.3 Å². The van der Waals surface area contributed by atoms with Crippen molar-refractivity contribution in [3.63, 3.8) is 0 Å². The van der Waals surface area contributed by atoms with Gasteiger partial charge < -0.3 is 29.7 Å². The van der Waals surface area contributed by atoms with E-state index >= 15 is 0 Å². The first kappa shape index (κ1) is 22.5. The van der Waals surface area contributed by atoms with E-state index in [4.69, 9.17) is 9.47 Å². The molecule has 2 aromatic rings. The van der Waals surface area contributed by atoms with Gasteiger partial charge >= 0.3 is 6.61 Å². The van der Waals surface area contributed by atoms with Crippen LogP contribution in [0.25, 0.3) is 0 Å². The van der Waals surface area contributed by atoms with Gasteiger partial charge in [-0.1, -0.05) is 18.2 Å². The second-order valence-electron chi connectivity index (χ2n) is 7.04. The van der Waals surface area contributed by atoms with Crippen molar-refractivity contribution in [3.8, 4) is 17.2 Å². The van der Waals surface area contributed by atoms with Gasteiger partial charge in [0.15, 0.2) is 17.5 Å². The van der Waals surface area contributed by atoms with Gasteiger partial charge in [-0.05, 0) is 36.2 Å². The number of rotatable bonds is 8. The highest BCUT2D eigenvalue weighted by Gasteiger charge is 2.25. The molecule has 3 rings (SSSR count). The van der Waals surface area contributed by atoms with Crippen LogP contribution in [0.2, 0.25) is 0 Å². The van der Waals surface area contributed by atoms with E-state index in [9.17, 15) is 8.78 Å². The molecule has 0 spiro atoms. The standard InChI is InChI=1S/C22H28F2N4O3/c1-25-22(26-13-15-8-9-19(30-3)20(12-15)31-21(23)24)27-16-10-11-28(14-16)17-6-4-5-7-18(17)29-2/h4-9,12,16,21H,10-11,13-14H2,1-3H3,(H2,25,26,27). The van der Waals surface area contributed by atoms with Crippen molar-refractivity contribution in [2.75, 3.05) is 39.3 Å². The van der Waals surface area contributed by atoms with Gasteiger partial charge in [0.1, 0.15) is 5.75 Å². The maximum Gasteiger partial charge on any atom is 0.387 e. The Kier molecular flexibility index (Phi) is 7.75. The van der Waals surface area contributed by atoms with Gasteiger partial charge in [0.25, 0.3) is 0 Å². The second-order valence-corrected chi connectivity index (χ2v) is 7.04. The Hall–Kier alpha value is -3.23. The summed E-state index contributed by atoms with van der Waals surface area (Å²) in [6, 6.07) is 13.1. The zero-order chi connectivity index (χ0) is 22.2. The van der Waals surface area contributed by atoms with Gasteiger partial charge in [-0.15, -0.1) is 0 Å². The molecule has 0 bridgehead atoms. The zero-order valence-corrected chi connectivity index (χ0v) is 17.9. The third kappa shape index (κ3) is 5.90. The number of halogens is 2. The maximum atomic E-state index is 12.6. The number of anilines is 1. The molecule has 2 aromatic carbocycles. The normalized spacial score (nSPS) is 16.4. The molecular weight excluding hydrogens is 406 g/mol. The molecule has 0 amide bonds. The first-order chi connectivity index (χ1) is 15.0. The molecule has 1 saturated heterocycles. The summed E-state index contributed by atoms with van der Waals surface area (Å²) in [5.41, 5.74) is 1.84. The van der Waals surface area contributed by atoms with Gasteiger partial charge in [-0.2, -0.15) is 8.78 Å². The predicted octanol–water partition coefficient (Wildman–Crippen LogP) is 3.25. The van der Waals surface area contributed by atoms with Crippen LogP contribution in [-0.4, -0.2) is 53.0 Å². The number of aliphatic imine (C=N–C) groups is 1. The lowest BCUT2D eigenvalue weighted by molar-refractivity contribution is -0.0512. The number of alkyl halides is 2. The lowest BCUT2D eigenvalue weighted by atomic mass is 10.2. The van der Waals surface area contributed by atoms with Crippen molar-refractivity contribution in [1.82, 2.24) is 10.6 Å². The van der Waals surface area contributed by atoms with Crippen molar-refractivity contribution in [3.05, 3.63) is 48.0 Å². The number of hydrogen-bond acceptors (Lipinski definition) is 5. The highest BCUT2D eigenvalue weighted by molar-refractivity contribution is 5.80. The van der Waals surface area contributed by atoms with Gasteiger partial charge in [0.05, 0.1) is 19.9 Å². The fourth-order valence-corrected chi connectivity index (χ4v) is 3.58. The molecular formula is C22H28F2N4O3. The Labute approximate surface area is 181 Å². The van der Waals surface area contributed by atoms with Gasteiger partial charge in [0.2, 0.25) is 0 Å². The predicted molar refractivity (Wildman–Crippen MR) is 117 cm³/mol. The minimum Gasteiger partial charge on any atom is -0.495 e. The monoisotopic (exact) mass is 434 g/mol. The van der Waals surface area contributed by atoms with Gasteiger partial charge in [0, 0.05) is 32.7 Å². The maximum absolute atomic E-state index is 12.6. The van der Waals surface area contributed by atoms with E-state index in [-0.39, 0.29) is 17.5 Å². The molecule has 31 heavy (non-hydrogen) atoms. The Morgan fingerprint density at radius 3 is 2.61 bits per heavy atom. The van der Waals surface area contributed by atoms with Crippen molar-refractivity contribution >= 4 is 11.6 Å². The number of methoxy groups -OCH3 is 2. The average molecular weight is 434 g/mol. The first-order valence-electron chi connectivity index (χ1n) is 10.0. The summed E-state index contributed by atoms with van der Waals surface area (Å²) in [4.78, 5) is 6.56. The number of ether oxygens (including phenoxy) is 3. The highest BCUT2D eigenvalue weighted by atomic mass is 19.3. The fourth-order valence-electron chi connectivity index (χ4n) is 3.58. The molecule has 0 aromatic heterocycles. The van der Waals surface area contributed by atoms with E-state index in [1.165, 1.54) is 13.2 Å². The fraction of sp³-hybridized carbons (Fsp3) is 0.409. The Morgan fingerprint density at radius 1 is 1.13 bits per heavy atom. The molecule has 1 aliphatic heterocycles. The summed E-state index contributed by atoms with van der Waals surface area (Å²) in [6.07, 6.45) is 0.952. The molecule has 1 atom stereocenters. The average Bonchev–Trinajstić information content (AvgIpc) is 3.24. The summed E-state index contributed by atoms with van der Waals surface area (Å²) in [5.74, 6) is 1.75. The summed E-state index contributed by atoms with van der Waals surface area (Å²) in [7, 11) is 4.78. The minimum absolute atomic E-state index is 0.00277. The van der Waals surface area contributed by atoms with Crippen LogP contribution in [0.5, 0.6) is 17.2 Å². The van der Waals surface area contributed by atoms with Crippen LogP contribution in [-0.2, 0) is 6.54 Å². The number of benzene rings is 2. The van der Waals surface area contributed by atoms with Crippen LogP contribution >= 0.6 is 0 Å². The lowest BCUT2D eigenvalue weighted by Gasteiger charge is -2.22. The highest BCUT2D eigenvalue weighted by Crippen LogP contribution is 2.31. The van der Waals surface area contributed by atoms with Crippen molar-refractivity contribution in [1.29, 1.82) is 0 Å². The van der Waals surface area contributed by atoms with Gasteiger partial charge in [-0.3, -0.25) is 4.99 Å². The van der Waals surface area contributed by atoms with Crippen LogP contribution in [0.15, 0.2) is 47.5 Å². The number of nitrogens with zero attached hydrogens (tertiary/aromatic N) is 2. The van der Waals surface area contributed by atoms with E-state index in [1.54, 1.807) is 26.3 Å². The molecule has 7 nitrogen and oxygen atoms in total. The third-order valence-corrected chi connectivity index (χ3v) is 5.08. The smallest absolute Gasteiger partial charge is 0.387 e. The molecule has 1 fully saturated rings. The number of nitrogens with one attached hydrogen (secondary N) is 2. The number of para-hydroxylation sites is 2. The van der Waals surface area contributed by atoms with Crippen molar-refractivity contribution in [2.24, 2.45) is 4.99 Å². The Balaban J connectivity index is 1.57. The topological polar surface area (TPSA) is 67.4 Å². The zero-order valence-electron chi connectivity index (χ0n) is 17.9. The molecule has 0 saturated carbocycles. The molecule has 1 aliphatic rings. The van der Waals surface area contributed by atoms with Crippen LogP contribution in [0.4, 0.5) is 14.5 Å². The minimum atomic E-state index is -2.92. The van der Waals surface area contributed by atoms with Crippen LogP contribution in [0.3, 0.4) is 0 Å². The summed E-state index contributed by atoms with van der Waals surface area (Å²) >= 11 is 0. The molecule has 168 valence electrons. The molecule has 1 heterocycles. The summed E-state index contributed by atoms with van der Waals surface area (Å²) in [5, 5.41) is 6.64. The van der Waals surface area contributed by atoms with Gasteiger partial charge in [-0.25, -0.2) is 0 Å². The molecule has 9 heteroatoms. The quantitative estimate of drug-likeness (QED) is 0.491. The summed E-state index contributed by atoms with van der Waals surface area (Å²) in [6.45, 7) is -0.801. The van der Waals surface area contributed by atoms with E-state index in [0.29, 0.717) is 12.5 Å². The number of hydrogen-bond donors (Lipinski definition) is 2. The molecule has 0 radical (unpaired) electrons. The van der Waals surface area contributed by atoms with E-state index < -0.39 is 6.61 Å². The van der Waals surface area contributed by atoms with Crippen LogP contribution in [0, 0.1) is 0 Å². The molecule has 0 aliphatic carbocycles. The Morgan fingerprint density at radius 2 is 1.90 bits per heavy atom. The molecule has 2 N–H and O–H groups in total. The van der Waals surface area contributed by atoms with Crippen molar-refractivity contribution in [2.45, 2.75) is 25.6 Å². The van der Waals surface area contributed by atoms with E-state index in [1.807, 2.05) is 18.2 Å². The lowest BCUT2D eigenvalue weighted by Crippen LogP contribution is -2.44. The second kappa shape index (κ2) is 10.7. The summed E-state index contributed by atoms with van der Waals surface area (Å²) < 4.78 is 40.3. The Bertz CT molecular complexity index is 895. The largest absolute Gasteiger partial charge is 0.495 e. The van der Waals surface area contributed by atoms with Crippen LogP contribution in [0.1, 0.15) is 12.0 Å². The molecule has 1 unspecified atom stereocenters. The van der Waals surface area contributed by atoms with E-state index in [0.717, 1.165) is 36.5 Å². The van der Waals surface area contributed by atoms with Crippen LogP contribution < -0.4 is 29.7 Å². The third-order valence-electron chi connectivity index (χ3n) is 5.08. The first-order valence-corrected chi connectivity index (χ1v) is 10.0.